The average molecular weight is 496 g/mol. The summed E-state index contributed by atoms with van der Waals surface area (Å²) in [6.45, 7) is 2.03. The van der Waals surface area contributed by atoms with E-state index in [0.29, 0.717) is 21.0 Å². The van der Waals surface area contributed by atoms with E-state index in [1.54, 1.807) is 18.3 Å². The van der Waals surface area contributed by atoms with Crippen molar-refractivity contribution >= 4 is 47.1 Å². The first-order valence-corrected chi connectivity index (χ1v) is 11.7. The molecule has 166 valence electrons. The molecule has 0 atom stereocenters. The van der Waals surface area contributed by atoms with Crippen LogP contribution in [0.1, 0.15) is 11.1 Å². The van der Waals surface area contributed by atoms with Crippen molar-refractivity contribution in [3.8, 4) is 17.1 Å². The van der Waals surface area contributed by atoms with Gasteiger partial charge in [-0.3, -0.25) is 9.36 Å². The summed E-state index contributed by atoms with van der Waals surface area (Å²) in [5, 5.41) is 14.6. The summed E-state index contributed by atoms with van der Waals surface area (Å²) >= 11 is 13.2. The van der Waals surface area contributed by atoms with Crippen molar-refractivity contribution in [1.29, 1.82) is 0 Å². The van der Waals surface area contributed by atoms with Gasteiger partial charge < -0.3 is 0 Å². The topological polar surface area (TPSA) is 72.2 Å². The smallest absolute Gasteiger partial charge is 0.250 e. The number of carbonyl (C=O) groups excluding carboxylic acids is 1. The molecule has 0 aliphatic heterocycles. The lowest BCUT2D eigenvalue weighted by molar-refractivity contribution is -0.118. The minimum Gasteiger partial charge on any atom is -0.272 e. The molecule has 1 aromatic heterocycles. The van der Waals surface area contributed by atoms with Crippen molar-refractivity contribution in [2.45, 2.75) is 12.1 Å². The Morgan fingerprint density at radius 3 is 2.27 bits per heavy atom. The molecule has 3 aromatic carbocycles. The van der Waals surface area contributed by atoms with Gasteiger partial charge >= 0.3 is 0 Å². The van der Waals surface area contributed by atoms with E-state index in [0.717, 1.165) is 22.4 Å². The Morgan fingerprint density at radius 1 is 0.970 bits per heavy atom. The van der Waals surface area contributed by atoms with E-state index in [9.17, 15) is 4.79 Å². The second kappa shape index (κ2) is 10.7. The third kappa shape index (κ3) is 6.01. The molecule has 4 aromatic rings. The lowest BCUT2D eigenvalue weighted by atomic mass is 10.2. The van der Waals surface area contributed by atoms with Gasteiger partial charge in [0.05, 0.1) is 12.0 Å². The molecule has 4 rings (SSSR count). The molecule has 9 heteroatoms. The number of hydrogen-bond donors (Lipinski definition) is 1. The van der Waals surface area contributed by atoms with Crippen molar-refractivity contribution in [3.05, 3.63) is 94.0 Å². The average Bonchev–Trinajstić information content (AvgIpc) is 3.24. The molecule has 1 amide bonds. The predicted octanol–water partition coefficient (Wildman–Crippen LogP) is 5.79. The number of hydrogen-bond acceptors (Lipinski definition) is 5. The molecule has 0 aliphatic rings. The van der Waals surface area contributed by atoms with Crippen LogP contribution in [0.15, 0.2) is 83.1 Å². The molecule has 0 spiro atoms. The van der Waals surface area contributed by atoms with Crippen molar-refractivity contribution in [1.82, 2.24) is 20.2 Å². The number of rotatable bonds is 7. The van der Waals surface area contributed by atoms with Gasteiger partial charge in [0.15, 0.2) is 11.0 Å². The molecular formula is C24H19Cl2N5OS. The standard InChI is InChI=1S/C24H19Cl2N5OS/c1-16-2-12-21(13-3-16)31-23(18-6-10-20(26)11-7-18)29-30-24(31)33-15-22(32)28-27-14-17-4-8-19(25)9-5-17/h2-14H,15H2,1H3,(H,28,32)/b27-14-. The number of benzene rings is 3. The fraction of sp³-hybridized carbons (Fsp3) is 0.0833. The van der Waals surface area contributed by atoms with Crippen LogP contribution < -0.4 is 5.43 Å². The maximum Gasteiger partial charge on any atom is 0.250 e. The van der Waals surface area contributed by atoms with Crippen molar-refractivity contribution in [3.63, 3.8) is 0 Å². The van der Waals surface area contributed by atoms with Gasteiger partial charge in [-0.25, -0.2) is 5.43 Å². The van der Waals surface area contributed by atoms with E-state index >= 15 is 0 Å². The summed E-state index contributed by atoms with van der Waals surface area (Å²) in [4.78, 5) is 12.3. The number of halogens is 2. The molecule has 0 fully saturated rings. The Morgan fingerprint density at radius 2 is 1.61 bits per heavy atom. The summed E-state index contributed by atoms with van der Waals surface area (Å²) in [6, 6.07) is 22.6. The summed E-state index contributed by atoms with van der Waals surface area (Å²) in [6.07, 6.45) is 1.56. The van der Waals surface area contributed by atoms with Crippen molar-refractivity contribution < 1.29 is 4.79 Å². The molecule has 0 saturated heterocycles. The van der Waals surface area contributed by atoms with Gasteiger partial charge in [-0.2, -0.15) is 5.10 Å². The first kappa shape index (κ1) is 23.0. The number of aromatic nitrogens is 3. The zero-order valence-electron chi connectivity index (χ0n) is 17.6. The number of nitrogens with zero attached hydrogens (tertiary/aromatic N) is 4. The Labute approximate surface area is 205 Å². The molecule has 0 unspecified atom stereocenters. The van der Waals surface area contributed by atoms with Crippen LogP contribution in [0.3, 0.4) is 0 Å². The fourth-order valence-corrected chi connectivity index (χ4v) is 3.96. The minimum atomic E-state index is -0.253. The first-order valence-electron chi connectivity index (χ1n) is 9.98. The van der Waals surface area contributed by atoms with Gasteiger partial charge in [0.25, 0.3) is 5.91 Å². The van der Waals surface area contributed by atoms with Crippen LogP contribution in [-0.4, -0.2) is 32.6 Å². The molecule has 6 nitrogen and oxygen atoms in total. The molecule has 33 heavy (non-hydrogen) atoms. The number of nitrogens with one attached hydrogen (secondary N) is 1. The van der Waals surface area contributed by atoms with E-state index in [1.807, 2.05) is 72.2 Å². The number of carbonyl (C=O) groups is 1. The summed E-state index contributed by atoms with van der Waals surface area (Å²) in [5.74, 6) is 0.540. The summed E-state index contributed by atoms with van der Waals surface area (Å²) in [5.41, 5.74) is 6.28. The predicted molar refractivity (Wildman–Crippen MR) is 134 cm³/mol. The highest BCUT2D eigenvalue weighted by molar-refractivity contribution is 7.99. The Kier molecular flexibility index (Phi) is 7.44. The van der Waals surface area contributed by atoms with Gasteiger partial charge in [0.1, 0.15) is 0 Å². The maximum atomic E-state index is 12.3. The molecule has 0 bridgehead atoms. The first-order chi connectivity index (χ1) is 16.0. The molecule has 1 heterocycles. The second-order valence-electron chi connectivity index (χ2n) is 7.12. The lowest BCUT2D eigenvalue weighted by Gasteiger charge is -2.10. The van der Waals surface area contributed by atoms with Gasteiger partial charge in [0, 0.05) is 21.3 Å². The third-order valence-corrected chi connectivity index (χ3v) is 6.07. The van der Waals surface area contributed by atoms with E-state index in [2.05, 4.69) is 20.7 Å². The van der Waals surface area contributed by atoms with E-state index < -0.39 is 0 Å². The second-order valence-corrected chi connectivity index (χ2v) is 8.93. The van der Waals surface area contributed by atoms with Crippen LogP contribution in [0.2, 0.25) is 10.0 Å². The third-order valence-electron chi connectivity index (χ3n) is 4.63. The number of amides is 1. The minimum absolute atomic E-state index is 0.128. The van der Waals surface area contributed by atoms with E-state index in [4.69, 9.17) is 23.2 Å². The highest BCUT2D eigenvalue weighted by Gasteiger charge is 2.17. The molecule has 0 radical (unpaired) electrons. The van der Waals surface area contributed by atoms with Crippen LogP contribution in [0.4, 0.5) is 0 Å². The van der Waals surface area contributed by atoms with Crippen LogP contribution >= 0.6 is 35.0 Å². The highest BCUT2D eigenvalue weighted by Crippen LogP contribution is 2.28. The largest absolute Gasteiger partial charge is 0.272 e. The van der Waals surface area contributed by atoms with Gasteiger partial charge in [0.2, 0.25) is 0 Å². The quantitative estimate of drug-likeness (QED) is 0.200. The number of hydrazone groups is 1. The number of aryl methyl sites for hydroxylation is 1. The van der Waals surface area contributed by atoms with E-state index in [-0.39, 0.29) is 11.7 Å². The number of thioether (sulfide) groups is 1. The zero-order chi connectivity index (χ0) is 23.2. The molecule has 1 N–H and O–H groups in total. The van der Waals surface area contributed by atoms with Gasteiger partial charge in [-0.05, 0) is 61.0 Å². The highest BCUT2D eigenvalue weighted by atomic mass is 35.5. The molecule has 0 saturated carbocycles. The Balaban J connectivity index is 1.51. The normalized spacial score (nSPS) is 11.1. The molecular weight excluding hydrogens is 477 g/mol. The van der Waals surface area contributed by atoms with Crippen LogP contribution in [-0.2, 0) is 4.79 Å². The SMILES string of the molecule is Cc1ccc(-n2c(SCC(=O)N/N=C\c3ccc(Cl)cc3)nnc2-c2ccc(Cl)cc2)cc1. The van der Waals surface area contributed by atoms with Crippen LogP contribution in [0.25, 0.3) is 17.1 Å². The van der Waals surface area contributed by atoms with Crippen molar-refractivity contribution in [2.24, 2.45) is 5.10 Å². The van der Waals surface area contributed by atoms with Crippen molar-refractivity contribution in [2.75, 3.05) is 5.75 Å². The van der Waals surface area contributed by atoms with Gasteiger partial charge in [-0.15, -0.1) is 10.2 Å². The fourth-order valence-electron chi connectivity index (χ4n) is 2.97. The van der Waals surface area contributed by atoms with Crippen LogP contribution in [0.5, 0.6) is 0 Å². The van der Waals surface area contributed by atoms with Gasteiger partial charge in [-0.1, -0.05) is 64.8 Å². The zero-order valence-corrected chi connectivity index (χ0v) is 19.9. The summed E-state index contributed by atoms with van der Waals surface area (Å²) < 4.78 is 1.93. The maximum absolute atomic E-state index is 12.3. The Hall–Kier alpha value is -3.13. The van der Waals surface area contributed by atoms with Crippen LogP contribution in [0, 0.1) is 6.92 Å². The van der Waals surface area contributed by atoms with E-state index in [1.165, 1.54) is 11.8 Å². The monoisotopic (exact) mass is 495 g/mol. The molecule has 0 aliphatic carbocycles. The Bertz CT molecular complexity index is 1270. The lowest BCUT2D eigenvalue weighted by Crippen LogP contribution is -2.20. The summed E-state index contributed by atoms with van der Waals surface area (Å²) in [7, 11) is 0.